The van der Waals surface area contributed by atoms with Gasteiger partial charge in [0, 0.05) is 21.6 Å². The summed E-state index contributed by atoms with van der Waals surface area (Å²) >= 11 is 3.44. The molecule has 4 heteroatoms. The van der Waals surface area contributed by atoms with E-state index >= 15 is 0 Å². The van der Waals surface area contributed by atoms with E-state index in [1.807, 2.05) is 30.5 Å². The molecule has 1 heterocycles. The zero-order valence-corrected chi connectivity index (χ0v) is 13.1. The van der Waals surface area contributed by atoms with Crippen LogP contribution in [0.2, 0.25) is 0 Å². The van der Waals surface area contributed by atoms with Gasteiger partial charge < -0.3 is 9.72 Å². The van der Waals surface area contributed by atoms with Crippen molar-refractivity contribution >= 4 is 32.8 Å². The summed E-state index contributed by atoms with van der Waals surface area (Å²) < 4.78 is 5.85. The molecule has 0 saturated carbocycles. The Balaban J connectivity index is 1.98. The number of benzene rings is 2. The Morgan fingerprint density at radius 1 is 1.19 bits per heavy atom. The summed E-state index contributed by atoms with van der Waals surface area (Å²) in [5.41, 5.74) is 3.98. The van der Waals surface area contributed by atoms with Crippen molar-refractivity contribution in [2.75, 3.05) is 7.11 Å². The van der Waals surface area contributed by atoms with E-state index in [1.165, 1.54) is 12.7 Å². The molecule has 3 rings (SSSR count). The van der Waals surface area contributed by atoms with Crippen LogP contribution in [0.25, 0.3) is 10.9 Å². The summed E-state index contributed by atoms with van der Waals surface area (Å²) in [5, 5.41) is 1.06. The van der Waals surface area contributed by atoms with Gasteiger partial charge in [-0.25, -0.2) is 4.79 Å². The molecule has 0 aliphatic rings. The van der Waals surface area contributed by atoms with E-state index in [2.05, 4.69) is 33.0 Å². The van der Waals surface area contributed by atoms with Crippen LogP contribution in [0, 0.1) is 0 Å². The van der Waals surface area contributed by atoms with E-state index in [1.54, 1.807) is 6.07 Å². The van der Waals surface area contributed by atoms with Gasteiger partial charge in [0.1, 0.15) is 0 Å². The van der Waals surface area contributed by atoms with Crippen molar-refractivity contribution in [2.24, 2.45) is 0 Å². The van der Waals surface area contributed by atoms with Crippen molar-refractivity contribution in [1.82, 2.24) is 4.98 Å². The number of aromatic amines is 1. The Kier molecular flexibility index (Phi) is 3.80. The van der Waals surface area contributed by atoms with Gasteiger partial charge in [-0.3, -0.25) is 0 Å². The lowest BCUT2D eigenvalue weighted by molar-refractivity contribution is 0.0601. The van der Waals surface area contributed by atoms with E-state index in [0.717, 1.165) is 27.4 Å². The third-order valence-corrected chi connectivity index (χ3v) is 4.03. The summed E-state index contributed by atoms with van der Waals surface area (Å²) in [7, 11) is 1.40. The SMILES string of the molecule is COC(=O)c1ccc2[nH]cc(Cc3ccc(Br)cc3)c2c1. The van der Waals surface area contributed by atoms with Gasteiger partial charge >= 0.3 is 5.97 Å². The summed E-state index contributed by atoms with van der Waals surface area (Å²) in [4.78, 5) is 14.9. The molecular weight excluding hydrogens is 330 g/mol. The number of nitrogens with one attached hydrogen (secondary N) is 1. The highest BCUT2D eigenvalue weighted by molar-refractivity contribution is 9.10. The fourth-order valence-electron chi connectivity index (χ4n) is 2.39. The van der Waals surface area contributed by atoms with E-state index < -0.39 is 0 Å². The van der Waals surface area contributed by atoms with E-state index in [0.29, 0.717) is 5.56 Å². The largest absolute Gasteiger partial charge is 0.465 e. The van der Waals surface area contributed by atoms with Gasteiger partial charge in [-0.15, -0.1) is 0 Å². The molecule has 0 amide bonds. The van der Waals surface area contributed by atoms with Crippen LogP contribution in [0.4, 0.5) is 0 Å². The number of carbonyl (C=O) groups is 1. The molecule has 0 radical (unpaired) electrons. The first-order chi connectivity index (χ1) is 10.2. The molecule has 106 valence electrons. The first-order valence-electron chi connectivity index (χ1n) is 6.60. The van der Waals surface area contributed by atoms with Crippen LogP contribution in [0.5, 0.6) is 0 Å². The predicted octanol–water partition coefficient (Wildman–Crippen LogP) is 4.31. The van der Waals surface area contributed by atoms with Gasteiger partial charge in [0.25, 0.3) is 0 Å². The molecular formula is C17H14BrNO2. The van der Waals surface area contributed by atoms with Crippen LogP contribution >= 0.6 is 15.9 Å². The second-order valence-electron chi connectivity index (χ2n) is 4.87. The first kappa shape index (κ1) is 13.9. The number of esters is 1. The monoisotopic (exact) mass is 343 g/mol. The minimum absolute atomic E-state index is 0.312. The second-order valence-corrected chi connectivity index (χ2v) is 5.78. The number of hydrogen-bond acceptors (Lipinski definition) is 2. The highest BCUT2D eigenvalue weighted by atomic mass is 79.9. The highest BCUT2D eigenvalue weighted by Gasteiger charge is 2.10. The van der Waals surface area contributed by atoms with Crippen LogP contribution < -0.4 is 0 Å². The minimum Gasteiger partial charge on any atom is -0.465 e. The van der Waals surface area contributed by atoms with E-state index in [-0.39, 0.29) is 5.97 Å². The number of fused-ring (bicyclic) bond motifs is 1. The van der Waals surface area contributed by atoms with Crippen LogP contribution in [0.3, 0.4) is 0 Å². The predicted molar refractivity (Wildman–Crippen MR) is 86.6 cm³/mol. The number of methoxy groups -OCH3 is 1. The Hall–Kier alpha value is -2.07. The highest BCUT2D eigenvalue weighted by Crippen LogP contribution is 2.23. The van der Waals surface area contributed by atoms with Crippen molar-refractivity contribution in [2.45, 2.75) is 6.42 Å². The van der Waals surface area contributed by atoms with Gasteiger partial charge in [-0.1, -0.05) is 28.1 Å². The number of H-pyrrole nitrogens is 1. The van der Waals surface area contributed by atoms with Gasteiger partial charge in [0.15, 0.2) is 0 Å². The Morgan fingerprint density at radius 2 is 1.95 bits per heavy atom. The lowest BCUT2D eigenvalue weighted by atomic mass is 10.0. The van der Waals surface area contributed by atoms with Gasteiger partial charge in [-0.05, 0) is 47.9 Å². The number of halogens is 1. The summed E-state index contributed by atoms with van der Waals surface area (Å²) in [6.07, 6.45) is 2.81. The Bertz CT molecular complexity index is 790. The molecule has 0 fully saturated rings. The molecule has 0 saturated heterocycles. The molecule has 0 unspecified atom stereocenters. The van der Waals surface area contributed by atoms with Crippen LogP contribution in [0.1, 0.15) is 21.5 Å². The second kappa shape index (κ2) is 5.74. The van der Waals surface area contributed by atoms with Crippen molar-refractivity contribution in [3.8, 4) is 0 Å². The summed E-state index contributed by atoms with van der Waals surface area (Å²) in [5.74, 6) is -0.312. The molecule has 0 atom stereocenters. The lowest BCUT2D eigenvalue weighted by Gasteiger charge is -2.03. The maximum absolute atomic E-state index is 11.6. The molecule has 1 N–H and O–H groups in total. The quantitative estimate of drug-likeness (QED) is 0.720. The number of hydrogen-bond donors (Lipinski definition) is 1. The fourth-order valence-corrected chi connectivity index (χ4v) is 2.66. The fraction of sp³-hybridized carbons (Fsp3) is 0.118. The average Bonchev–Trinajstić information content (AvgIpc) is 2.91. The number of rotatable bonds is 3. The third kappa shape index (κ3) is 2.85. The molecule has 0 bridgehead atoms. The first-order valence-corrected chi connectivity index (χ1v) is 7.39. The van der Waals surface area contributed by atoms with Crippen molar-refractivity contribution < 1.29 is 9.53 Å². The third-order valence-electron chi connectivity index (χ3n) is 3.50. The molecule has 2 aromatic carbocycles. The number of carbonyl (C=O) groups excluding carboxylic acids is 1. The van der Waals surface area contributed by atoms with Crippen LogP contribution in [-0.4, -0.2) is 18.1 Å². The maximum atomic E-state index is 11.6. The molecule has 3 aromatic rings. The Morgan fingerprint density at radius 3 is 2.67 bits per heavy atom. The van der Waals surface area contributed by atoms with Gasteiger partial charge in [0.05, 0.1) is 12.7 Å². The lowest BCUT2D eigenvalue weighted by Crippen LogP contribution is -2.00. The molecule has 0 spiro atoms. The molecule has 0 aliphatic heterocycles. The average molecular weight is 344 g/mol. The smallest absolute Gasteiger partial charge is 0.337 e. The van der Waals surface area contributed by atoms with Crippen molar-refractivity contribution in [1.29, 1.82) is 0 Å². The standard InChI is InChI=1S/C17H14BrNO2/c1-21-17(20)12-4-7-16-15(9-12)13(10-19-16)8-11-2-5-14(18)6-3-11/h2-7,9-10,19H,8H2,1H3. The molecule has 1 aromatic heterocycles. The minimum atomic E-state index is -0.312. The number of ether oxygens (including phenoxy) is 1. The normalized spacial score (nSPS) is 10.8. The van der Waals surface area contributed by atoms with Crippen LogP contribution in [-0.2, 0) is 11.2 Å². The van der Waals surface area contributed by atoms with Crippen molar-refractivity contribution in [3.05, 3.63) is 69.8 Å². The van der Waals surface area contributed by atoms with Crippen molar-refractivity contribution in [3.63, 3.8) is 0 Å². The number of aromatic nitrogens is 1. The maximum Gasteiger partial charge on any atom is 0.337 e. The Labute approximate surface area is 131 Å². The summed E-state index contributed by atoms with van der Waals surface area (Å²) in [6, 6.07) is 13.8. The van der Waals surface area contributed by atoms with Crippen LogP contribution in [0.15, 0.2) is 53.1 Å². The molecule has 0 aliphatic carbocycles. The topological polar surface area (TPSA) is 42.1 Å². The van der Waals surface area contributed by atoms with Gasteiger partial charge in [0.2, 0.25) is 0 Å². The van der Waals surface area contributed by atoms with E-state index in [9.17, 15) is 4.79 Å². The molecule has 3 nitrogen and oxygen atoms in total. The summed E-state index contributed by atoms with van der Waals surface area (Å²) in [6.45, 7) is 0. The zero-order chi connectivity index (χ0) is 14.8. The molecule has 21 heavy (non-hydrogen) atoms. The van der Waals surface area contributed by atoms with Gasteiger partial charge in [-0.2, -0.15) is 0 Å². The zero-order valence-electron chi connectivity index (χ0n) is 11.5. The van der Waals surface area contributed by atoms with E-state index in [4.69, 9.17) is 4.74 Å².